The minimum atomic E-state index is 0.814. The summed E-state index contributed by atoms with van der Waals surface area (Å²) in [6, 6.07) is 0. The van der Waals surface area contributed by atoms with Gasteiger partial charge in [0.2, 0.25) is 0 Å². The van der Waals surface area contributed by atoms with Crippen LogP contribution < -0.4 is 0 Å². The molecule has 2 rings (SSSR count). The van der Waals surface area contributed by atoms with Crippen LogP contribution in [0.4, 0.5) is 0 Å². The topological polar surface area (TPSA) is 0 Å². The van der Waals surface area contributed by atoms with E-state index >= 15 is 0 Å². The van der Waals surface area contributed by atoms with Crippen molar-refractivity contribution in [2.75, 3.05) is 6.26 Å². The molecule has 68 valence electrons. The molecule has 0 aromatic heterocycles. The van der Waals surface area contributed by atoms with Gasteiger partial charge in [0.25, 0.3) is 0 Å². The Morgan fingerprint density at radius 3 is 2.92 bits per heavy atom. The second-order valence-electron chi connectivity index (χ2n) is 3.46. The highest BCUT2D eigenvalue weighted by Crippen LogP contribution is 2.37. The van der Waals surface area contributed by atoms with E-state index in [0.29, 0.717) is 0 Å². The number of thioether (sulfide) groups is 1. The van der Waals surface area contributed by atoms with Crippen molar-refractivity contribution in [3.8, 4) is 0 Å². The van der Waals surface area contributed by atoms with Crippen LogP contribution in [0.15, 0.2) is 40.5 Å². The molecule has 0 aromatic carbocycles. The molecule has 0 radical (unpaired) electrons. The van der Waals surface area contributed by atoms with Crippen LogP contribution >= 0.6 is 11.8 Å². The first-order chi connectivity index (χ1) is 6.40. The Hall–Kier alpha value is -0.650. The lowest BCUT2D eigenvalue weighted by molar-refractivity contribution is 1.05. The van der Waals surface area contributed by atoms with Crippen LogP contribution in [0, 0.1) is 5.92 Å². The molecule has 0 saturated heterocycles. The third kappa shape index (κ3) is 2.40. The van der Waals surface area contributed by atoms with Gasteiger partial charge < -0.3 is 0 Å². The van der Waals surface area contributed by atoms with E-state index in [1.165, 1.54) is 23.3 Å². The standard InChI is InChI=1S/C12H14S/c1-13-12-5-3-2-4-10(8-9-12)11-6-7-11/h2,5,8-9,11H,3,6-7H2,1H3. The van der Waals surface area contributed by atoms with Crippen molar-refractivity contribution in [1.82, 2.24) is 0 Å². The van der Waals surface area contributed by atoms with E-state index in [2.05, 4.69) is 36.3 Å². The van der Waals surface area contributed by atoms with E-state index in [1.807, 2.05) is 11.8 Å². The zero-order valence-corrected chi connectivity index (χ0v) is 8.73. The summed E-state index contributed by atoms with van der Waals surface area (Å²) in [4.78, 5) is 1.37. The summed E-state index contributed by atoms with van der Waals surface area (Å²) in [5.74, 6) is 0.814. The van der Waals surface area contributed by atoms with Gasteiger partial charge in [-0.05, 0) is 55.2 Å². The maximum absolute atomic E-state index is 3.38. The number of hydrogen-bond acceptors (Lipinski definition) is 1. The molecule has 0 aromatic rings. The summed E-state index contributed by atoms with van der Waals surface area (Å²) in [6.45, 7) is 0. The minimum Gasteiger partial charge on any atom is -0.130 e. The van der Waals surface area contributed by atoms with Crippen LogP contribution in [0.3, 0.4) is 0 Å². The van der Waals surface area contributed by atoms with Crippen LogP contribution in [0.1, 0.15) is 19.3 Å². The summed E-state index contributed by atoms with van der Waals surface area (Å²) < 4.78 is 0. The van der Waals surface area contributed by atoms with Gasteiger partial charge in [-0.25, -0.2) is 0 Å². The van der Waals surface area contributed by atoms with Gasteiger partial charge in [-0.3, -0.25) is 0 Å². The molecule has 0 heterocycles. The molecule has 0 N–H and O–H groups in total. The largest absolute Gasteiger partial charge is 0.130 e. The van der Waals surface area contributed by atoms with Gasteiger partial charge in [-0.15, -0.1) is 17.5 Å². The molecule has 0 unspecified atom stereocenters. The second-order valence-corrected chi connectivity index (χ2v) is 4.34. The molecule has 1 heteroatoms. The Morgan fingerprint density at radius 2 is 2.23 bits per heavy atom. The van der Waals surface area contributed by atoms with E-state index in [9.17, 15) is 0 Å². The molecule has 0 bridgehead atoms. The van der Waals surface area contributed by atoms with Crippen molar-refractivity contribution in [1.29, 1.82) is 0 Å². The van der Waals surface area contributed by atoms with Crippen LogP contribution in [-0.4, -0.2) is 6.26 Å². The average Bonchev–Trinajstić information content (AvgIpc) is 2.88. The molecule has 1 fully saturated rings. The molecule has 2 aliphatic rings. The first kappa shape index (κ1) is 8.93. The number of allylic oxidation sites excluding steroid dienone is 4. The van der Waals surface area contributed by atoms with Crippen molar-refractivity contribution in [3.63, 3.8) is 0 Å². The first-order valence-electron chi connectivity index (χ1n) is 4.77. The SMILES string of the molecule is CSC1=CCC=C=C(C2CC2)C=C1. The van der Waals surface area contributed by atoms with Gasteiger partial charge in [0.05, 0.1) is 0 Å². The predicted octanol–water partition coefficient (Wildman–Crippen LogP) is 3.68. The molecule has 2 aliphatic carbocycles. The molecule has 0 atom stereocenters. The van der Waals surface area contributed by atoms with Crippen LogP contribution in [0.2, 0.25) is 0 Å². The van der Waals surface area contributed by atoms with Gasteiger partial charge in [0.1, 0.15) is 0 Å². The minimum absolute atomic E-state index is 0.814. The van der Waals surface area contributed by atoms with Crippen molar-refractivity contribution in [2.24, 2.45) is 5.92 Å². The van der Waals surface area contributed by atoms with Crippen molar-refractivity contribution in [2.45, 2.75) is 19.3 Å². The Labute approximate surface area is 84.1 Å². The monoisotopic (exact) mass is 190 g/mol. The average molecular weight is 190 g/mol. The molecule has 1 saturated carbocycles. The zero-order chi connectivity index (χ0) is 9.10. The third-order valence-corrected chi connectivity index (χ3v) is 3.16. The summed E-state index contributed by atoms with van der Waals surface area (Å²) in [6.07, 6.45) is 14.7. The highest BCUT2D eigenvalue weighted by atomic mass is 32.2. The summed E-state index contributed by atoms with van der Waals surface area (Å²) >= 11 is 1.82. The van der Waals surface area contributed by atoms with Crippen molar-refractivity contribution in [3.05, 3.63) is 40.5 Å². The van der Waals surface area contributed by atoms with E-state index in [0.717, 1.165) is 12.3 Å². The fraction of sp³-hybridized carbons (Fsp3) is 0.417. The summed E-state index contributed by atoms with van der Waals surface area (Å²) in [5, 5.41) is 0. The Balaban J connectivity index is 2.17. The fourth-order valence-electron chi connectivity index (χ4n) is 1.44. The van der Waals surface area contributed by atoms with E-state index in [1.54, 1.807) is 0 Å². The van der Waals surface area contributed by atoms with Gasteiger partial charge in [-0.1, -0.05) is 6.08 Å². The predicted molar refractivity (Wildman–Crippen MR) is 59.7 cm³/mol. The quantitative estimate of drug-likeness (QED) is 0.598. The number of rotatable bonds is 2. The second kappa shape index (κ2) is 4.04. The Bertz CT molecular complexity index is 310. The number of hydrogen-bond donors (Lipinski definition) is 0. The van der Waals surface area contributed by atoms with E-state index < -0.39 is 0 Å². The lowest BCUT2D eigenvalue weighted by Gasteiger charge is -1.99. The molecule has 0 amide bonds. The molecule has 0 nitrogen and oxygen atoms in total. The van der Waals surface area contributed by atoms with Gasteiger partial charge in [-0.2, -0.15) is 0 Å². The highest BCUT2D eigenvalue weighted by Gasteiger charge is 2.24. The van der Waals surface area contributed by atoms with Gasteiger partial charge in [0.15, 0.2) is 0 Å². The lowest BCUT2D eigenvalue weighted by Crippen LogP contribution is -1.81. The Morgan fingerprint density at radius 1 is 1.38 bits per heavy atom. The zero-order valence-electron chi connectivity index (χ0n) is 7.92. The van der Waals surface area contributed by atoms with Crippen molar-refractivity contribution < 1.29 is 0 Å². The normalized spacial score (nSPS) is 21.9. The fourth-order valence-corrected chi connectivity index (χ4v) is 1.91. The summed E-state index contributed by atoms with van der Waals surface area (Å²) in [5.41, 5.74) is 4.78. The van der Waals surface area contributed by atoms with Gasteiger partial charge in [0, 0.05) is 4.91 Å². The van der Waals surface area contributed by atoms with Crippen molar-refractivity contribution >= 4 is 11.8 Å². The van der Waals surface area contributed by atoms with Crippen LogP contribution in [0.25, 0.3) is 0 Å². The molecular formula is C12H14S. The molecular weight excluding hydrogens is 176 g/mol. The van der Waals surface area contributed by atoms with Crippen LogP contribution in [-0.2, 0) is 0 Å². The lowest BCUT2D eigenvalue weighted by atomic mass is 10.1. The Kier molecular flexibility index (Phi) is 2.77. The third-order valence-electron chi connectivity index (χ3n) is 2.39. The highest BCUT2D eigenvalue weighted by molar-refractivity contribution is 8.02. The van der Waals surface area contributed by atoms with Gasteiger partial charge >= 0.3 is 0 Å². The van der Waals surface area contributed by atoms with E-state index in [4.69, 9.17) is 0 Å². The van der Waals surface area contributed by atoms with E-state index in [-0.39, 0.29) is 0 Å². The first-order valence-corrected chi connectivity index (χ1v) is 6.00. The molecule has 13 heavy (non-hydrogen) atoms. The smallest absolute Gasteiger partial charge is 0.00328 e. The van der Waals surface area contributed by atoms with Crippen LogP contribution in [0.5, 0.6) is 0 Å². The maximum atomic E-state index is 3.38. The summed E-state index contributed by atoms with van der Waals surface area (Å²) in [7, 11) is 0. The molecule has 0 aliphatic heterocycles. The maximum Gasteiger partial charge on any atom is 0.00328 e. The molecule has 0 spiro atoms.